The van der Waals surface area contributed by atoms with E-state index in [-0.39, 0.29) is 6.42 Å². The van der Waals surface area contributed by atoms with E-state index in [2.05, 4.69) is 0 Å². The molecule has 1 aliphatic rings. The molecule has 1 aromatic rings. The first-order chi connectivity index (χ1) is 9.23. The first-order valence-corrected chi connectivity index (χ1v) is 7.05. The molecule has 1 aromatic carbocycles. The van der Waals surface area contributed by atoms with Crippen LogP contribution in [0.25, 0.3) is 0 Å². The lowest BCUT2D eigenvalue weighted by atomic mass is 10.2. The second-order valence-corrected chi connectivity index (χ2v) is 6.25. The normalized spacial score (nSPS) is 23.9. The fourth-order valence-corrected chi connectivity index (χ4v) is 3.78. The molecule has 0 aromatic heterocycles. The van der Waals surface area contributed by atoms with Crippen LogP contribution in [0.4, 0.5) is 8.78 Å². The molecule has 110 valence electrons. The topological polar surface area (TPSA) is 94.9 Å². The maximum Gasteiger partial charge on any atom is 0.322 e. The molecule has 0 aliphatic carbocycles. The number of hydrogen-bond acceptors (Lipinski definition) is 4. The third-order valence-corrected chi connectivity index (χ3v) is 4.89. The van der Waals surface area contributed by atoms with Crippen molar-refractivity contribution in [1.82, 2.24) is 4.31 Å². The highest BCUT2D eigenvalue weighted by Crippen LogP contribution is 2.28. The van der Waals surface area contributed by atoms with E-state index in [4.69, 9.17) is 5.11 Å². The van der Waals surface area contributed by atoms with Crippen LogP contribution in [0.15, 0.2) is 23.1 Å². The summed E-state index contributed by atoms with van der Waals surface area (Å²) in [5, 5.41) is 18.4. The van der Waals surface area contributed by atoms with Gasteiger partial charge in [0.05, 0.1) is 6.10 Å². The standard InChI is InChI=1S/C11H11F2NO5S/c12-6-1-2-8(13)10(3-6)20(18,19)14-5-7(15)4-9(14)11(16)17/h1-3,7,9,15H,4-5H2,(H,16,17)/t7?,9-/m0/s1. The Morgan fingerprint density at radius 1 is 1.35 bits per heavy atom. The van der Waals surface area contributed by atoms with Crippen molar-refractivity contribution in [2.24, 2.45) is 0 Å². The summed E-state index contributed by atoms with van der Waals surface area (Å²) in [7, 11) is -4.54. The third-order valence-electron chi connectivity index (χ3n) is 3.00. The highest BCUT2D eigenvalue weighted by atomic mass is 32.2. The zero-order valence-electron chi connectivity index (χ0n) is 10.0. The first kappa shape index (κ1) is 14.8. The zero-order valence-corrected chi connectivity index (χ0v) is 10.8. The molecule has 2 atom stereocenters. The monoisotopic (exact) mass is 307 g/mol. The number of carboxylic acid groups (broad SMARTS) is 1. The molecule has 1 heterocycles. The summed E-state index contributed by atoms with van der Waals surface area (Å²) in [6.07, 6.45) is -1.46. The van der Waals surface area contributed by atoms with Gasteiger partial charge in [-0.1, -0.05) is 0 Å². The summed E-state index contributed by atoms with van der Waals surface area (Å²) in [5.74, 6) is -3.60. The summed E-state index contributed by atoms with van der Waals surface area (Å²) in [6, 6.07) is 0.373. The highest BCUT2D eigenvalue weighted by molar-refractivity contribution is 7.89. The molecule has 0 radical (unpaired) electrons. The molecule has 2 N–H and O–H groups in total. The molecule has 9 heteroatoms. The number of rotatable bonds is 3. The molecule has 0 amide bonds. The molecule has 1 aliphatic heterocycles. The van der Waals surface area contributed by atoms with Crippen molar-refractivity contribution in [3.05, 3.63) is 29.8 Å². The third kappa shape index (κ3) is 2.51. The lowest BCUT2D eigenvalue weighted by Crippen LogP contribution is -2.40. The molecule has 0 saturated carbocycles. The number of sulfonamides is 1. The van der Waals surface area contributed by atoms with E-state index in [9.17, 15) is 27.1 Å². The van der Waals surface area contributed by atoms with Gasteiger partial charge in [0.15, 0.2) is 0 Å². The number of nitrogens with zero attached hydrogens (tertiary/aromatic N) is 1. The molecule has 1 saturated heterocycles. The second kappa shape index (κ2) is 5.08. The zero-order chi connectivity index (χ0) is 15.1. The van der Waals surface area contributed by atoms with Gasteiger partial charge in [-0.3, -0.25) is 4.79 Å². The van der Waals surface area contributed by atoms with E-state index < -0.39 is 51.2 Å². The average Bonchev–Trinajstić information content (AvgIpc) is 2.75. The van der Waals surface area contributed by atoms with Crippen LogP contribution in [0, 0.1) is 11.6 Å². The maximum absolute atomic E-state index is 13.6. The van der Waals surface area contributed by atoms with E-state index >= 15 is 0 Å². The molecule has 1 unspecified atom stereocenters. The molecule has 0 spiro atoms. The van der Waals surface area contributed by atoms with E-state index in [0.29, 0.717) is 16.4 Å². The van der Waals surface area contributed by atoms with E-state index in [1.165, 1.54) is 0 Å². The van der Waals surface area contributed by atoms with Crippen LogP contribution in [-0.4, -0.2) is 47.6 Å². The molecular formula is C11H11F2NO5S. The number of carbonyl (C=O) groups is 1. The molecule has 6 nitrogen and oxygen atoms in total. The van der Waals surface area contributed by atoms with Crippen LogP contribution in [0.1, 0.15) is 6.42 Å². The Kier molecular flexibility index (Phi) is 3.76. The van der Waals surface area contributed by atoms with Gasteiger partial charge in [0.2, 0.25) is 10.0 Å². The van der Waals surface area contributed by atoms with Crippen LogP contribution in [-0.2, 0) is 14.8 Å². The van der Waals surface area contributed by atoms with Crippen LogP contribution in [0.2, 0.25) is 0 Å². The number of aliphatic hydroxyl groups excluding tert-OH is 1. The summed E-state index contributed by atoms with van der Waals surface area (Å²) in [6.45, 7) is -0.477. The largest absolute Gasteiger partial charge is 0.480 e. The van der Waals surface area contributed by atoms with Crippen molar-refractivity contribution in [3.63, 3.8) is 0 Å². The van der Waals surface area contributed by atoms with Crippen molar-refractivity contribution >= 4 is 16.0 Å². The van der Waals surface area contributed by atoms with Gasteiger partial charge in [0.25, 0.3) is 0 Å². The Balaban J connectivity index is 2.49. The number of aliphatic carboxylic acids is 1. The number of aliphatic hydroxyl groups is 1. The number of β-amino-alcohol motifs (C(OH)–C–C–N with tert-alkyl or cyclic N) is 1. The van der Waals surface area contributed by atoms with Gasteiger partial charge in [-0.15, -0.1) is 0 Å². The Labute approximate surface area is 113 Å². The van der Waals surface area contributed by atoms with E-state index in [1.807, 2.05) is 0 Å². The van der Waals surface area contributed by atoms with Gasteiger partial charge < -0.3 is 10.2 Å². The summed E-state index contributed by atoms with van der Waals surface area (Å²) >= 11 is 0. The van der Waals surface area contributed by atoms with Gasteiger partial charge in [-0.25, -0.2) is 17.2 Å². The van der Waals surface area contributed by atoms with Crippen molar-refractivity contribution in [2.75, 3.05) is 6.54 Å². The number of benzene rings is 1. The molecule has 2 rings (SSSR count). The van der Waals surface area contributed by atoms with Gasteiger partial charge in [-0.2, -0.15) is 4.31 Å². The van der Waals surface area contributed by atoms with Crippen LogP contribution < -0.4 is 0 Å². The second-order valence-electron chi connectivity index (χ2n) is 4.39. The van der Waals surface area contributed by atoms with Crippen LogP contribution in [0.3, 0.4) is 0 Å². The predicted molar refractivity (Wildman–Crippen MR) is 62.3 cm³/mol. The minimum Gasteiger partial charge on any atom is -0.480 e. The van der Waals surface area contributed by atoms with Crippen molar-refractivity contribution in [1.29, 1.82) is 0 Å². The molecular weight excluding hydrogens is 296 g/mol. The Morgan fingerprint density at radius 3 is 2.60 bits per heavy atom. The Bertz CT molecular complexity index is 648. The fraction of sp³-hybridized carbons (Fsp3) is 0.364. The summed E-state index contributed by atoms with van der Waals surface area (Å²) in [4.78, 5) is 10.1. The Hall–Kier alpha value is -1.58. The average molecular weight is 307 g/mol. The lowest BCUT2D eigenvalue weighted by Gasteiger charge is -2.20. The lowest BCUT2D eigenvalue weighted by molar-refractivity contribution is -0.140. The highest BCUT2D eigenvalue weighted by Gasteiger charge is 2.44. The van der Waals surface area contributed by atoms with Gasteiger partial charge in [0, 0.05) is 13.0 Å². The molecule has 0 bridgehead atoms. The fourth-order valence-electron chi connectivity index (χ4n) is 2.08. The van der Waals surface area contributed by atoms with Gasteiger partial charge >= 0.3 is 5.97 Å². The quantitative estimate of drug-likeness (QED) is 0.830. The first-order valence-electron chi connectivity index (χ1n) is 5.61. The Morgan fingerprint density at radius 2 is 2.00 bits per heavy atom. The van der Waals surface area contributed by atoms with Crippen LogP contribution >= 0.6 is 0 Å². The number of carboxylic acids is 1. The minimum absolute atomic E-state index is 0.300. The van der Waals surface area contributed by atoms with Gasteiger partial charge in [0.1, 0.15) is 22.6 Å². The van der Waals surface area contributed by atoms with E-state index in [0.717, 1.165) is 6.07 Å². The van der Waals surface area contributed by atoms with Crippen LogP contribution in [0.5, 0.6) is 0 Å². The summed E-state index contributed by atoms with van der Waals surface area (Å²) < 4.78 is 51.5. The number of halogens is 2. The maximum atomic E-state index is 13.6. The van der Waals surface area contributed by atoms with Crippen molar-refractivity contribution < 1.29 is 32.2 Å². The molecule has 1 fully saturated rings. The summed E-state index contributed by atoms with van der Waals surface area (Å²) in [5.41, 5.74) is 0. The van der Waals surface area contributed by atoms with Crippen molar-refractivity contribution in [3.8, 4) is 0 Å². The number of hydrogen-bond donors (Lipinski definition) is 2. The molecule has 20 heavy (non-hydrogen) atoms. The van der Waals surface area contributed by atoms with E-state index in [1.54, 1.807) is 0 Å². The SMILES string of the molecule is O=C(O)[C@@H]1CC(O)CN1S(=O)(=O)c1cc(F)ccc1F. The minimum atomic E-state index is -4.54. The van der Waals surface area contributed by atoms with Gasteiger partial charge in [-0.05, 0) is 18.2 Å². The predicted octanol–water partition coefficient (Wildman–Crippen LogP) is 0.173. The smallest absolute Gasteiger partial charge is 0.322 e. The van der Waals surface area contributed by atoms with Crippen molar-refractivity contribution in [2.45, 2.75) is 23.5 Å².